The van der Waals surface area contributed by atoms with Crippen LogP contribution in [0.5, 0.6) is 0 Å². The summed E-state index contributed by atoms with van der Waals surface area (Å²) in [5, 5.41) is 12.2. The largest absolute Gasteiger partial charge is 0.385 e. The molecular formula is C29H35NO3S. The van der Waals surface area contributed by atoms with Crippen LogP contribution < -0.4 is 0 Å². The minimum atomic E-state index is -3.54. The molecule has 1 spiro atoms. The van der Waals surface area contributed by atoms with Crippen LogP contribution in [0.4, 0.5) is 0 Å². The number of piperidine rings is 1. The predicted octanol–water partition coefficient (Wildman–Crippen LogP) is 5.09. The third kappa shape index (κ3) is 2.87. The molecule has 34 heavy (non-hydrogen) atoms. The van der Waals surface area contributed by atoms with Gasteiger partial charge in [-0.25, -0.2) is 12.7 Å². The van der Waals surface area contributed by atoms with Crippen molar-refractivity contribution in [2.45, 2.75) is 57.0 Å². The Morgan fingerprint density at radius 2 is 1.65 bits per heavy atom. The Bertz CT molecular complexity index is 1240. The summed E-state index contributed by atoms with van der Waals surface area (Å²) in [5.41, 5.74) is 1.38. The van der Waals surface area contributed by atoms with Crippen molar-refractivity contribution in [3.05, 3.63) is 77.4 Å². The van der Waals surface area contributed by atoms with Crippen LogP contribution in [0.3, 0.4) is 0 Å². The van der Waals surface area contributed by atoms with E-state index in [1.54, 1.807) is 4.31 Å². The topological polar surface area (TPSA) is 57.6 Å². The van der Waals surface area contributed by atoms with Crippen LogP contribution in [0, 0.1) is 16.7 Å². The van der Waals surface area contributed by atoms with E-state index >= 15 is 0 Å². The molecule has 5 heteroatoms. The second-order valence-electron chi connectivity index (χ2n) is 11.7. The van der Waals surface area contributed by atoms with Crippen LogP contribution in [-0.4, -0.2) is 36.7 Å². The second-order valence-corrected chi connectivity index (χ2v) is 13.7. The molecule has 1 N–H and O–H groups in total. The molecule has 1 heterocycles. The molecule has 4 aliphatic rings. The van der Waals surface area contributed by atoms with Crippen molar-refractivity contribution in [1.29, 1.82) is 0 Å². The zero-order valence-electron chi connectivity index (χ0n) is 20.2. The zero-order chi connectivity index (χ0) is 23.8. The molecule has 0 amide bonds. The molecule has 2 aromatic carbocycles. The van der Waals surface area contributed by atoms with E-state index in [1.165, 1.54) is 11.1 Å². The van der Waals surface area contributed by atoms with Crippen LogP contribution in [0.25, 0.3) is 6.08 Å². The number of hydrogen-bond donors (Lipinski definition) is 1. The lowest BCUT2D eigenvalue weighted by atomic mass is 9.62. The van der Waals surface area contributed by atoms with E-state index in [9.17, 15) is 13.5 Å². The van der Waals surface area contributed by atoms with Crippen molar-refractivity contribution in [3.8, 4) is 0 Å². The van der Waals surface area contributed by atoms with Crippen LogP contribution in [0.1, 0.15) is 62.6 Å². The average Bonchev–Trinajstić information content (AvgIpc) is 3.36. The lowest BCUT2D eigenvalue weighted by molar-refractivity contribution is -0.0939. The molecule has 3 fully saturated rings. The highest BCUT2D eigenvalue weighted by atomic mass is 32.2. The van der Waals surface area contributed by atoms with Crippen molar-refractivity contribution in [1.82, 2.24) is 4.31 Å². The average molecular weight is 478 g/mol. The van der Waals surface area contributed by atoms with Gasteiger partial charge in [-0.1, -0.05) is 80.6 Å². The molecule has 2 bridgehead atoms. The Labute approximate surface area is 203 Å². The first kappa shape index (κ1) is 22.5. The van der Waals surface area contributed by atoms with Gasteiger partial charge in [0, 0.05) is 23.9 Å². The van der Waals surface area contributed by atoms with Gasteiger partial charge in [-0.05, 0) is 60.1 Å². The fourth-order valence-corrected chi connectivity index (χ4v) is 10.4. The molecule has 180 valence electrons. The van der Waals surface area contributed by atoms with Gasteiger partial charge in [0.25, 0.3) is 0 Å². The van der Waals surface area contributed by atoms with Crippen molar-refractivity contribution in [3.63, 3.8) is 0 Å². The summed E-state index contributed by atoms with van der Waals surface area (Å²) in [5.74, 6) is 0.353. The third-order valence-corrected chi connectivity index (χ3v) is 12.3. The quantitative estimate of drug-likeness (QED) is 0.667. The maximum Gasteiger partial charge on any atom is 0.214 e. The number of benzene rings is 2. The normalized spacial score (nSPS) is 33.4. The van der Waals surface area contributed by atoms with Crippen molar-refractivity contribution in [2.75, 3.05) is 18.8 Å². The van der Waals surface area contributed by atoms with Crippen molar-refractivity contribution in [2.24, 2.45) is 16.7 Å². The van der Waals surface area contributed by atoms with E-state index in [0.717, 1.165) is 31.2 Å². The number of hydrogen-bond acceptors (Lipinski definition) is 3. The maximum atomic E-state index is 14.0. The SMILES string of the molecule is CC1(C)[C@@H]2CC[C@@]1(CS(=O)(=O)N1CCC3(C=Cc4ccccc43)CC1)[C@@](O)(c1ccccc1)C2. The number of rotatable bonds is 4. The Balaban J connectivity index is 1.29. The molecule has 3 aliphatic carbocycles. The molecule has 0 aromatic heterocycles. The highest BCUT2D eigenvalue weighted by Gasteiger charge is 2.72. The van der Waals surface area contributed by atoms with Crippen LogP contribution in [0.2, 0.25) is 0 Å². The van der Waals surface area contributed by atoms with Crippen molar-refractivity contribution < 1.29 is 13.5 Å². The van der Waals surface area contributed by atoms with Gasteiger partial charge in [0.15, 0.2) is 0 Å². The Morgan fingerprint density at radius 1 is 0.971 bits per heavy atom. The minimum Gasteiger partial charge on any atom is -0.385 e. The molecule has 2 saturated carbocycles. The summed E-state index contributed by atoms with van der Waals surface area (Å²) in [7, 11) is -3.54. The van der Waals surface area contributed by atoms with Gasteiger partial charge in [-0.2, -0.15) is 0 Å². The van der Waals surface area contributed by atoms with Crippen molar-refractivity contribution >= 4 is 16.1 Å². The molecule has 1 aliphatic heterocycles. The Hall–Kier alpha value is -1.95. The second kappa shape index (κ2) is 7.28. The van der Waals surface area contributed by atoms with Gasteiger partial charge in [-0.15, -0.1) is 0 Å². The Morgan fingerprint density at radius 3 is 2.35 bits per heavy atom. The zero-order valence-corrected chi connectivity index (χ0v) is 21.0. The minimum absolute atomic E-state index is 0.0221. The van der Waals surface area contributed by atoms with Crippen LogP contribution in [-0.2, 0) is 21.0 Å². The molecule has 2 aromatic rings. The van der Waals surface area contributed by atoms with Gasteiger partial charge in [0.2, 0.25) is 10.0 Å². The highest BCUT2D eigenvalue weighted by Crippen LogP contribution is 2.73. The van der Waals surface area contributed by atoms with Gasteiger partial charge in [-0.3, -0.25) is 0 Å². The summed E-state index contributed by atoms with van der Waals surface area (Å²) in [6, 6.07) is 18.3. The van der Waals surface area contributed by atoms with Gasteiger partial charge in [0.05, 0.1) is 11.4 Å². The van der Waals surface area contributed by atoms with E-state index in [-0.39, 0.29) is 16.6 Å². The van der Waals surface area contributed by atoms with Crippen LogP contribution in [0.15, 0.2) is 60.7 Å². The van der Waals surface area contributed by atoms with E-state index in [1.807, 2.05) is 30.3 Å². The maximum absolute atomic E-state index is 14.0. The molecular weight excluding hydrogens is 442 g/mol. The number of allylic oxidation sites excluding steroid dienone is 1. The number of fused-ring (bicyclic) bond motifs is 4. The first-order valence-electron chi connectivity index (χ1n) is 12.7. The molecule has 0 unspecified atom stereocenters. The lowest BCUT2D eigenvalue weighted by Gasteiger charge is -2.49. The van der Waals surface area contributed by atoms with Crippen LogP contribution >= 0.6 is 0 Å². The fourth-order valence-electron chi connectivity index (χ4n) is 8.07. The molecule has 4 nitrogen and oxygen atoms in total. The van der Waals surface area contributed by atoms with E-state index in [2.05, 4.69) is 50.3 Å². The monoisotopic (exact) mass is 477 g/mol. The van der Waals surface area contributed by atoms with Gasteiger partial charge < -0.3 is 5.11 Å². The Kier molecular flexibility index (Phi) is 4.82. The number of sulfonamides is 1. The number of nitrogens with zero attached hydrogens (tertiary/aromatic N) is 1. The summed E-state index contributed by atoms with van der Waals surface area (Å²) >= 11 is 0. The van der Waals surface area contributed by atoms with E-state index < -0.39 is 21.0 Å². The fraction of sp³-hybridized carbons (Fsp3) is 0.517. The first-order chi connectivity index (χ1) is 16.1. The summed E-state index contributed by atoms with van der Waals surface area (Å²) < 4.78 is 29.7. The highest BCUT2D eigenvalue weighted by molar-refractivity contribution is 7.89. The summed E-state index contributed by atoms with van der Waals surface area (Å²) in [6.45, 7) is 5.44. The number of aliphatic hydroxyl groups is 1. The molecule has 3 atom stereocenters. The standard InChI is InChI=1S/C29H35NO3S/c1-26(2)24-13-15-28(26,29(31,20-24)23-9-4-3-5-10-23)21-34(32,33)30-18-16-27(17-19-30)14-12-22-8-6-7-11-25(22)27/h3-12,14,24,31H,13,15-21H2,1-2H3/t24-,28+,29+/m1/s1. The lowest BCUT2D eigenvalue weighted by Crippen LogP contribution is -2.54. The first-order valence-corrected chi connectivity index (χ1v) is 14.3. The predicted molar refractivity (Wildman–Crippen MR) is 136 cm³/mol. The molecule has 0 radical (unpaired) electrons. The third-order valence-electron chi connectivity index (χ3n) is 10.3. The van der Waals surface area contributed by atoms with Gasteiger partial charge in [0.1, 0.15) is 0 Å². The van der Waals surface area contributed by atoms with E-state index in [4.69, 9.17) is 0 Å². The van der Waals surface area contributed by atoms with E-state index in [0.29, 0.717) is 25.4 Å². The summed E-state index contributed by atoms with van der Waals surface area (Å²) in [4.78, 5) is 0. The smallest absolute Gasteiger partial charge is 0.214 e. The summed E-state index contributed by atoms with van der Waals surface area (Å²) in [6.07, 6.45) is 8.48. The molecule has 1 saturated heterocycles. The van der Waals surface area contributed by atoms with Gasteiger partial charge >= 0.3 is 0 Å². The molecule has 6 rings (SSSR count).